The Bertz CT molecular complexity index is 987. The van der Waals surface area contributed by atoms with E-state index in [0.29, 0.717) is 0 Å². The summed E-state index contributed by atoms with van der Waals surface area (Å²) in [5, 5.41) is 2.43. The third-order valence-electron chi connectivity index (χ3n) is 4.23. The lowest BCUT2D eigenvalue weighted by atomic mass is 9.96. The molecule has 0 spiro atoms. The lowest BCUT2D eigenvalue weighted by molar-refractivity contribution is 0.616. The van der Waals surface area contributed by atoms with Crippen LogP contribution < -0.4 is 0 Å². The molecule has 0 radical (unpaired) electrons. The van der Waals surface area contributed by atoms with E-state index in [1.807, 2.05) is 12.1 Å². The molecule has 0 N–H and O–H groups in total. The molecule has 0 unspecified atom stereocenters. The van der Waals surface area contributed by atoms with Crippen LogP contribution in [0, 0.1) is 6.92 Å². The molecule has 2 heteroatoms. The fraction of sp³-hybridized carbons (Fsp3) is 0.100. The molecule has 2 heterocycles. The van der Waals surface area contributed by atoms with Gasteiger partial charge in [0.05, 0.1) is 6.26 Å². The van der Waals surface area contributed by atoms with Gasteiger partial charge in [0.25, 0.3) is 0 Å². The second kappa shape index (κ2) is 4.92. The van der Waals surface area contributed by atoms with E-state index in [9.17, 15) is 0 Å². The van der Waals surface area contributed by atoms with Crippen LogP contribution in [0.1, 0.15) is 5.56 Å². The zero-order valence-electron chi connectivity index (χ0n) is 12.5. The number of para-hydroxylation sites is 1. The number of fused-ring (bicyclic) bond motifs is 2. The minimum Gasteiger partial charge on any atom is -0.464 e. The second-order valence-corrected chi connectivity index (χ2v) is 5.59. The summed E-state index contributed by atoms with van der Waals surface area (Å²) >= 11 is 0. The molecular formula is C20H17NO. The van der Waals surface area contributed by atoms with Gasteiger partial charge in [-0.1, -0.05) is 30.3 Å². The van der Waals surface area contributed by atoms with Crippen LogP contribution >= 0.6 is 0 Å². The van der Waals surface area contributed by atoms with Gasteiger partial charge in [-0.25, -0.2) is 0 Å². The lowest BCUT2D eigenvalue weighted by Crippen LogP contribution is -1.91. The Morgan fingerprint density at radius 1 is 1.09 bits per heavy atom. The topological polar surface area (TPSA) is 18.1 Å². The summed E-state index contributed by atoms with van der Waals surface area (Å²) in [5.74, 6) is 0. The van der Waals surface area contributed by atoms with Crippen LogP contribution in [0.25, 0.3) is 33.0 Å². The summed E-state index contributed by atoms with van der Waals surface area (Å²) in [6.45, 7) is 6.83. The molecular weight excluding hydrogens is 270 g/mol. The van der Waals surface area contributed by atoms with Crippen molar-refractivity contribution in [3.63, 3.8) is 0 Å². The van der Waals surface area contributed by atoms with Crippen LogP contribution in [-0.4, -0.2) is 4.57 Å². The highest BCUT2D eigenvalue weighted by Gasteiger charge is 2.15. The normalized spacial score (nSPS) is 11.3. The molecule has 0 atom stereocenters. The van der Waals surface area contributed by atoms with Crippen LogP contribution in [0.4, 0.5) is 0 Å². The third-order valence-corrected chi connectivity index (χ3v) is 4.23. The fourth-order valence-corrected chi connectivity index (χ4v) is 3.25. The number of allylic oxidation sites excluding steroid dienone is 1. The molecule has 0 fully saturated rings. The van der Waals surface area contributed by atoms with Crippen LogP contribution in [-0.2, 0) is 6.54 Å². The summed E-state index contributed by atoms with van der Waals surface area (Å²) in [6, 6.07) is 14.7. The van der Waals surface area contributed by atoms with Gasteiger partial charge in [-0.15, -0.1) is 6.58 Å². The standard InChI is InChI=1S/C20H17NO/c1-3-11-21-13-17(15-6-4-5-7-18(15)21)20-14(2)8-9-19-16(20)10-12-22-19/h3-10,12-13H,1,11H2,2H3. The zero-order chi connectivity index (χ0) is 15.1. The number of hydrogen-bond acceptors (Lipinski definition) is 1. The van der Waals surface area contributed by atoms with Gasteiger partial charge in [0.15, 0.2) is 0 Å². The van der Waals surface area contributed by atoms with Crippen molar-refractivity contribution in [2.45, 2.75) is 13.5 Å². The highest BCUT2D eigenvalue weighted by molar-refractivity contribution is 6.05. The SMILES string of the molecule is C=CCn1cc(-c2c(C)ccc3occc23)c2ccccc21. The van der Waals surface area contributed by atoms with Gasteiger partial charge in [0, 0.05) is 34.6 Å². The van der Waals surface area contributed by atoms with Crippen LogP contribution in [0.3, 0.4) is 0 Å². The highest BCUT2D eigenvalue weighted by Crippen LogP contribution is 2.37. The first-order valence-corrected chi connectivity index (χ1v) is 7.45. The van der Waals surface area contributed by atoms with E-state index < -0.39 is 0 Å². The summed E-state index contributed by atoms with van der Waals surface area (Å²) in [4.78, 5) is 0. The largest absolute Gasteiger partial charge is 0.464 e. The maximum absolute atomic E-state index is 5.58. The quantitative estimate of drug-likeness (QED) is 0.452. The van der Waals surface area contributed by atoms with E-state index in [4.69, 9.17) is 4.42 Å². The number of benzene rings is 2. The fourth-order valence-electron chi connectivity index (χ4n) is 3.25. The number of aryl methyl sites for hydroxylation is 1. The molecule has 22 heavy (non-hydrogen) atoms. The van der Waals surface area contributed by atoms with E-state index >= 15 is 0 Å². The van der Waals surface area contributed by atoms with Crippen LogP contribution in [0.5, 0.6) is 0 Å². The van der Waals surface area contributed by atoms with E-state index in [1.165, 1.54) is 33.0 Å². The second-order valence-electron chi connectivity index (χ2n) is 5.59. The highest BCUT2D eigenvalue weighted by atomic mass is 16.3. The van der Waals surface area contributed by atoms with Crippen molar-refractivity contribution in [3.8, 4) is 11.1 Å². The molecule has 4 rings (SSSR count). The maximum atomic E-state index is 5.58. The number of aromatic nitrogens is 1. The molecule has 0 aliphatic carbocycles. The van der Waals surface area contributed by atoms with Gasteiger partial charge in [-0.05, 0) is 36.2 Å². The summed E-state index contributed by atoms with van der Waals surface area (Å²) in [6.07, 6.45) is 5.92. The Morgan fingerprint density at radius 2 is 1.95 bits per heavy atom. The maximum Gasteiger partial charge on any atom is 0.134 e. The molecule has 0 bridgehead atoms. The molecule has 4 aromatic rings. The first-order chi connectivity index (χ1) is 10.8. The Balaban J connectivity index is 2.10. The lowest BCUT2D eigenvalue weighted by Gasteiger charge is -2.06. The van der Waals surface area contributed by atoms with Crippen molar-refractivity contribution < 1.29 is 4.42 Å². The number of nitrogens with zero attached hydrogens (tertiary/aromatic N) is 1. The molecule has 2 nitrogen and oxygen atoms in total. The van der Waals surface area contributed by atoms with Crippen molar-refractivity contribution in [3.05, 3.63) is 73.1 Å². The molecule has 0 saturated heterocycles. The average Bonchev–Trinajstić information content (AvgIpc) is 3.13. The van der Waals surface area contributed by atoms with E-state index in [1.54, 1.807) is 6.26 Å². The van der Waals surface area contributed by atoms with Crippen molar-refractivity contribution >= 4 is 21.9 Å². The number of rotatable bonds is 3. The Labute approximate surface area is 129 Å². The summed E-state index contributed by atoms with van der Waals surface area (Å²) in [7, 11) is 0. The van der Waals surface area contributed by atoms with Crippen molar-refractivity contribution in [1.82, 2.24) is 4.57 Å². The summed E-state index contributed by atoms with van der Waals surface area (Å²) < 4.78 is 7.82. The van der Waals surface area contributed by atoms with Gasteiger partial charge in [0.2, 0.25) is 0 Å². The first kappa shape index (κ1) is 13.0. The summed E-state index contributed by atoms with van der Waals surface area (Å²) in [5.41, 5.74) is 5.93. The molecule has 0 amide bonds. The van der Waals surface area contributed by atoms with Crippen LogP contribution in [0.2, 0.25) is 0 Å². The van der Waals surface area contributed by atoms with Gasteiger partial charge in [-0.3, -0.25) is 0 Å². The first-order valence-electron chi connectivity index (χ1n) is 7.45. The molecule has 108 valence electrons. The predicted molar refractivity (Wildman–Crippen MR) is 92.1 cm³/mol. The Kier molecular flexibility index (Phi) is 2.90. The van der Waals surface area contributed by atoms with Crippen LogP contribution in [0.15, 0.2) is 72.0 Å². The van der Waals surface area contributed by atoms with Crippen molar-refractivity contribution in [2.24, 2.45) is 0 Å². The van der Waals surface area contributed by atoms with Crippen molar-refractivity contribution in [1.29, 1.82) is 0 Å². The molecule has 0 saturated carbocycles. The zero-order valence-corrected chi connectivity index (χ0v) is 12.5. The minimum absolute atomic E-state index is 0.806. The van der Waals surface area contributed by atoms with Gasteiger partial charge < -0.3 is 8.98 Å². The molecule has 0 aliphatic heterocycles. The van der Waals surface area contributed by atoms with Gasteiger partial charge in [-0.2, -0.15) is 0 Å². The van der Waals surface area contributed by atoms with Gasteiger partial charge >= 0.3 is 0 Å². The average molecular weight is 287 g/mol. The van der Waals surface area contributed by atoms with E-state index in [-0.39, 0.29) is 0 Å². The molecule has 0 aliphatic rings. The minimum atomic E-state index is 0.806. The molecule has 2 aromatic heterocycles. The Hall–Kier alpha value is -2.74. The number of furan rings is 1. The van der Waals surface area contributed by atoms with E-state index in [2.05, 4.69) is 60.7 Å². The Morgan fingerprint density at radius 3 is 2.82 bits per heavy atom. The monoisotopic (exact) mass is 287 g/mol. The van der Waals surface area contributed by atoms with E-state index in [0.717, 1.165) is 12.1 Å². The van der Waals surface area contributed by atoms with Crippen molar-refractivity contribution in [2.75, 3.05) is 0 Å². The molecule has 2 aromatic carbocycles. The third kappa shape index (κ3) is 1.81. The predicted octanol–water partition coefficient (Wildman–Crippen LogP) is 5.55. The van der Waals surface area contributed by atoms with Gasteiger partial charge in [0.1, 0.15) is 5.58 Å². The smallest absolute Gasteiger partial charge is 0.134 e. The number of hydrogen-bond donors (Lipinski definition) is 0.